The van der Waals surface area contributed by atoms with Crippen molar-refractivity contribution >= 4 is 38.7 Å². The van der Waals surface area contributed by atoms with Gasteiger partial charge in [-0.3, -0.25) is 9.69 Å². The molecule has 36 heavy (non-hydrogen) atoms. The third-order valence-electron chi connectivity index (χ3n) is 7.21. The number of anilines is 1. The SMILES string of the molecule is CC1CN(c2ccc(C(F)(F)F)cn2)C(C)CN1CC(=O)N1CC=C(c2cccc3ccsc23)CC1. The van der Waals surface area contributed by atoms with Gasteiger partial charge in [0.25, 0.3) is 0 Å². The summed E-state index contributed by atoms with van der Waals surface area (Å²) in [5.41, 5.74) is 1.82. The topological polar surface area (TPSA) is 39.7 Å². The van der Waals surface area contributed by atoms with Gasteiger partial charge in [0.15, 0.2) is 0 Å². The average molecular weight is 515 g/mol. The molecule has 0 spiro atoms. The van der Waals surface area contributed by atoms with Crippen LogP contribution < -0.4 is 4.90 Å². The first-order chi connectivity index (χ1) is 17.2. The number of pyridine rings is 1. The number of halogens is 3. The molecule has 190 valence electrons. The van der Waals surface area contributed by atoms with E-state index in [4.69, 9.17) is 0 Å². The highest BCUT2D eigenvalue weighted by Gasteiger charge is 2.34. The molecule has 0 saturated carbocycles. The zero-order valence-electron chi connectivity index (χ0n) is 20.3. The number of hydrogen-bond donors (Lipinski definition) is 0. The van der Waals surface area contributed by atoms with E-state index in [1.54, 1.807) is 11.3 Å². The summed E-state index contributed by atoms with van der Waals surface area (Å²) in [6.07, 6.45) is -0.497. The molecule has 2 aliphatic rings. The van der Waals surface area contributed by atoms with E-state index in [1.807, 2.05) is 23.6 Å². The third-order valence-corrected chi connectivity index (χ3v) is 8.17. The second kappa shape index (κ2) is 9.86. The Labute approximate surface area is 212 Å². The van der Waals surface area contributed by atoms with Gasteiger partial charge in [-0.15, -0.1) is 11.3 Å². The number of thiophene rings is 1. The molecular formula is C27H29F3N4OS. The van der Waals surface area contributed by atoms with Crippen LogP contribution in [0, 0.1) is 0 Å². The van der Waals surface area contributed by atoms with Crippen LogP contribution in [-0.2, 0) is 11.0 Å². The molecule has 5 rings (SSSR count). The minimum absolute atomic E-state index is 0.0253. The number of carbonyl (C=O) groups excluding carboxylic acids is 1. The van der Waals surface area contributed by atoms with Crippen molar-refractivity contribution in [1.29, 1.82) is 0 Å². The Morgan fingerprint density at radius 3 is 2.64 bits per heavy atom. The van der Waals surface area contributed by atoms with E-state index in [9.17, 15) is 18.0 Å². The summed E-state index contributed by atoms with van der Waals surface area (Å²) in [6, 6.07) is 11.1. The number of amides is 1. The smallest absolute Gasteiger partial charge is 0.351 e. The summed E-state index contributed by atoms with van der Waals surface area (Å²) in [5, 5.41) is 3.37. The van der Waals surface area contributed by atoms with E-state index in [2.05, 4.69) is 45.6 Å². The first-order valence-corrected chi connectivity index (χ1v) is 13.1. The van der Waals surface area contributed by atoms with E-state index < -0.39 is 11.7 Å². The molecule has 2 aromatic heterocycles. The zero-order valence-corrected chi connectivity index (χ0v) is 21.1. The summed E-state index contributed by atoms with van der Waals surface area (Å²) in [5.74, 6) is 0.641. The fourth-order valence-corrected chi connectivity index (χ4v) is 6.07. The number of piperazine rings is 1. The number of benzene rings is 1. The molecule has 5 nitrogen and oxygen atoms in total. The minimum Gasteiger partial charge on any atom is -0.351 e. The van der Waals surface area contributed by atoms with Gasteiger partial charge in [0, 0.05) is 49.2 Å². The van der Waals surface area contributed by atoms with Crippen LogP contribution in [0.3, 0.4) is 0 Å². The van der Waals surface area contributed by atoms with E-state index >= 15 is 0 Å². The molecule has 1 amide bonds. The summed E-state index contributed by atoms with van der Waals surface area (Å²) >= 11 is 1.75. The van der Waals surface area contributed by atoms with Crippen molar-refractivity contribution in [2.75, 3.05) is 37.6 Å². The summed E-state index contributed by atoms with van der Waals surface area (Å²) in [4.78, 5) is 23.3. The van der Waals surface area contributed by atoms with E-state index in [1.165, 1.54) is 27.3 Å². The van der Waals surface area contributed by atoms with Crippen LogP contribution in [0.15, 0.2) is 54.1 Å². The number of rotatable bonds is 4. The number of carbonyl (C=O) groups is 1. The number of fused-ring (bicyclic) bond motifs is 1. The second-order valence-corrected chi connectivity index (χ2v) is 10.6. The molecule has 1 saturated heterocycles. The molecular weight excluding hydrogens is 485 g/mol. The molecule has 0 N–H and O–H groups in total. The van der Waals surface area contributed by atoms with Crippen LogP contribution >= 0.6 is 11.3 Å². The molecule has 2 atom stereocenters. The maximum absolute atomic E-state index is 13.1. The van der Waals surface area contributed by atoms with Gasteiger partial charge in [0.2, 0.25) is 5.91 Å². The lowest BCUT2D eigenvalue weighted by Gasteiger charge is -2.45. The fourth-order valence-electron chi connectivity index (χ4n) is 5.12. The second-order valence-electron chi connectivity index (χ2n) is 9.65. The van der Waals surface area contributed by atoms with Gasteiger partial charge < -0.3 is 9.80 Å². The molecule has 0 aliphatic carbocycles. The van der Waals surface area contributed by atoms with Crippen LogP contribution in [0.4, 0.5) is 19.0 Å². The summed E-state index contributed by atoms with van der Waals surface area (Å²) in [6.45, 7) is 6.95. The van der Waals surface area contributed by atoms with E-state index in [-0.39, 0.29) is 18.0 Å². The molecule has 9 heteroatoms. The first-order valence-electron chi connectivity index (χ1n) is 12.2. The number of alkyl halides is 3. The van der Waals surface area contributed by atoms with Gasteiger partial charge in [-0.2, -0.15) is 13.2 Å². The van der Waals surface area contributed by atoms with E-state index in [0.717, 1.165) is 18.7 Å². The normalized spacial score (nSPS) is 21.6. The molecule has 0 bridgehead atoms. The Kier molecular flexibility index (Phi) is 6.78. The number of aromatic nitrogens is 1. The molecule has 1 fully saturated rings. The summed E-state index contributed by atoms with van der Waals surface area (Å²) in [7, 11) is 0. The monoisotopic (exact) mass is 514 g/mol. The van der Waals surface area contributed by atoms with Gasteiger partial charge in [-0.25, -0.2) is 4.98 Å². The van der Waals surface area contributed by atoms with Crippen LogP contribution in [0.2, 0.25) is 0 Å². The Morgan fingerprint density at radius 2 is 1.94 bits per heavy atom. The molecule has 1 aromatic carbocycles. The maximum atomic E-state index is 13.1. The number of nitrogens with zero attached hydrogens (tertiary/aromatic N) is 4. The Balaban J connectivity index is 1.19. The van der Waals surface area contributed by atoms with Crippen LogP contribution in [0.25, 0.3) is 15.7 Å². The van der Waals surface area contributed by atoms with Crippen LogP contribution in [0.1, 0.15) is 31.4 Å². The fraction of sp³-hybridized carbons (Fsp3) is 0.407. The minimum atomic E-state index is -4.40. The van der Waals surface area contributed by atoms with Crippen molar-refractivity contribution in [2.45, 2.75) is 38.5 Å². The molecule has 3 aromatic rings. The van der Waals surface area contributed by atoms with Crippen LogP contribution in [0.5, 0.6) is 0 Å². The predicted molar refractivity (Wildman–Crippen MR) is 138 cm³/mol. The lowest BCUT2D eigenvalue weighted by Crippen LogP contribution is -2.58. The third kappa shape index (κ3) is 4.99. The summed E-state index contributed by atoms with van der Waals surface area (Å²) < 4.78 is 39.9. The van der Waals surface area contributed by atoms with Crippen LogP contribution in [-0.4, -0.2) is 65.5 Å². The quantitative estimate of drug-likeness (QED) is 0.459. The van der Waals surface area contributed by atoms with Gasteiger partial charge in [0.1, 0.15) is 5.82 Å². The number of hydrogen-bond acceptors (Lipinski definition) is 5. The van der Waals surface area contributed by atoms with E-state index in [0.29, 0.717) is 38.5 Å². The highest BCUT2D eigenvalue weighted by molar-refractivity contribution is 7.17. The molecule has 4 heterocycles. The predicted octanol–water partition coefficient (Wildman–Crippen LogP) is 5.53. The maximum Gasteiger partial charge on any atom is 0.417 e. The average Bonchev–Trinajstić information content (AvgIpc) is 3.35. The van der Waals surface area contributed by atoms with Crippen molar-refractivity contribution in [3.8, 4) is 0 Å². The Hall–Kier alpha value is -2.91. The zero-order chi connectivity index (χ0) is 25.4. The van der Waals surface area contributed by atoms with Gasteiger partial charge in [-0.05, 0) is 60.4 Å². The molecule has 0 radical (unpaired) electrons. The van der Waals surface area contributed by atoms with Gasteiger partial charge >= 0.3 is 6.18 Å². The largest absolute Gasteiger partial charge is 0.417 e. The van der Waals surface area contributed by atoms with Crippen molar-refractivity contribution in [3.05, 3.63) is 65.2 Å². The highest BCUT2D eigenvalue weighted by Crippen LogP contribution is 2.33. The lowest BCUT2D eigenvalue weighted by molar-refractivity contribution is -0.137. The highest BCUT2D eigenvalue weighted by atomic mass is 32.1. The van der Waals surface area contributed by atoms with Gasteiger partial charge in [0.05, 0.1) is 12.1 Å². The molecule has 2 aliphatic heterocycles. The van der Waals surface area contributed by atoms with Gasteiger partial charge in [-0.1, -0.05) is 24.3 Å². The van der Waals surface area contributed by atoms with Crippen molar-refractivity contribution in [3.63, 3.8) is 0 Å². The lowest BCUT2D eigenvalue weighted by atomic mass is 9.98. The van der Waals surface area contributed by atoms with Crippen molar-refractivity contribution < 1.29 is 18.0 Å². The molecule has 2 unspecified atom stereocenters. The first kappa shape index (κ1) is 24.8. The Bertz CT molecular complexity index is 1270. The standard InChI is InChI=1S/C27H29F3N4OS/c1-18-16-34(24-7-6-22(14-31-24)27(28,29)30)19(2)15-33(18)17-25(35)32-11-8-20(9-12-32)23-5-3-4-21-10-13-36-26(21)23/h3-8,10,13-14,18-19H,9,11-12,15-17H2,1-2H3. The van der Waals surface area contributed by atoms with Crippen molar-refractivity contribution in [1.82, 2.24) is 14.8 Å². The van der Waals surface area contributed by atoms with Crippen molar-refractivity contribution in [2.24, 2.45) is 0 Å². The Morgan fingerprint density at radius 1 is 1.11 bits per heavy atom.